The number of hydrogen-bond acceptors (Lipinski definition) is 4. The number of methoxy groups -OCH3 is 2. The molecule has 4 heteroatoms. The van der Waals surface area contributed by atoms with Crippen molar-refractivity contribution in [2.45, 2.75) is 5.54 Å². The lowest BCUT2D eigenvalue weighted by atomic mass is 9.86. The summed E-state index contributed by atoms with van der Waals surface area (Å²) in [5.41, 5.74) is 2.25. The first-order chi connectivity index (χ1) is 10.7. The van der Waals surface area contributed by atoms with Crippen LogP contribution in [0.1, 0.15) is 5.56 Å². The second-order valence-corrected chi connectivity index (χ2v) is 5.51. The highest BCUT2D eigenvalue weighted by atomic mass is 16.5. The molecule has 1 aliphatic rings. The number of hydrogen-bond donors (Lipinski definition) is 0. The average molecular weight is 299 g/mol. The van der Waals surface area contributed by atoms with Crippen LogP contribution in [-0.4, -0.2) is 34.5 Å². The summed E-state index contributed by atoms with van der Waals surface area (Å²) in [4.78, 5) is 2.28. The highest BCUT2D eigenvalue weighted by Gasteiger charge is 2.44. The van der Waals surface area contributed by atoms with Crippen molar-refractivity contribution in [2.24, 2.45) is 0 Å². The SMILES string of the molecule is COc1ccc(N(C)C2(c3ccc(OC)cc3)COC2)cc1. The molecule has 0 aliphatic carbocycles. The smallest absolute Gasteiger partial charge is 0.119 e. The first-order valence-corrected chi connectivity index (χ1v) is 7.30. The van der Waals surface area contributed by atoms with Gasteiger partial charge in [-0.25, -0.2) is 0 Å². The van der Waals surface area contributed by atoms with Gasteiger partial charge in [-0.05, 0) is 42.0 Å². The summed E-state index contributed by atoms with van der Waals surface area (Å²) < 4.78 is 16.0. The molecule has 22 heavy (non-hydrogen) atoms. The van der Waals surface area contributed by atoms with Crippen molar-refractivity contribution in [1.82, 2.24) is 0 Å². The van der Waals surface area contributed by atoms with Crippen LogP contribution in [0.2, 0.25) is 0 Å². The lowest BCUT2D eigenvalue weighted by Crippen LogP contribution is -2.58. The number of benzene rings is 2. The Hall–Kier alpha value is -2.20. The summed E-state index contributed by atoms with van der Waals surface area (Å²) >= 11 is 0. The van der Waals surface area contributed by atoms with E-state index in [4.69, 9.17) is 14.2 Å². The summed E-state index contributed by atoms with van der Waals surface area (Å²) in [7, 11) is 5.46. The number of rotatable bonds is 5. The van der Waals surface area contributed by atoms with Crippen molar-refractivity contribution >= 4 is 5.69 Å². The van der Waals surface area contributed by atoms with Crippen molar-refractivity contribution in [3.05, 3.63) is 54.1 Å². The molecule has 0 spiro atoms. The molecule has 1 fully saturated rings. The Morgan fingerprint density at radius 1 is 0.864 bits per heavy atom. The van der Waals surface area contributed by atoms with Gasteiger partial charge in [-0.15, -0.1) is 0 Å². The predicted molar refractivity (Wildman–Crippen MR) is 86.9 cm³/mol. The van der Waals surface area contributed by atoms with E-state index in [1.165, 1.54) is 5.56 Å². The van der Waals surface area contributed by atoms with Crippen LogP contribution in [0.25, 0.3) is 0 Å². The van der Waals surface area contributed by atoms with Crippen LogP contribution in [0.5, 0.6) is 11.5 Å². The van der Waals surface area contributed by atoms with Crippen LogP contribution in [0.15, 0.2) is 48.5 Å². The Bertz CT molecular complexity index is 618. The van der Waals surface area contributed by atoms with E-state index in [0.29, 0.717) is 13.2 Å². The molecule has 3 rings (SSSR count). The van der Waals surface area contributed by atoms with Crippen molar-refractivity contribution in [2.75, 3.05) is 39.4 Å². The molecule has 0 amide bonds. The van der Waals surface area contributed by atoms with Crippen LogP contribution in [0.3, 0.4) is 0 Å². The zero-order chi connectivity index (χ0) is 15.6. The van der Waals surface area contributed by atoms with Gasteiger partial charge in [0.2, 0.25) is 0 Å². The van der Waals surface area contributed by atoms with E-state index in [9.17, 15) is 0 Å². The molecule has 1 saturated heterocycles. The molecule has 0 N–H and O–H groups in total. The number of anilines is 1. The maximum atomic E-state index is 5.54. The summed E-state index contributed by atoms with van der Waals surface area (Å²) in [5, 5.41) is 0. The van der Waals surface area contributed by atoms with E-state index in [-0.39, 0.29) is 5.54 Å². The largest absolute Gasteiger partial charge is 0.497 e. The van der Waals surface area contributed by atoms with Gasteiger partial charge in [-0.1, -0.05) is 12.1 Å². The van der Waals surface area contributed by atoms with Crippen LogP contribution >= 0.6 is 0 Å². The Labute approximate surface area is 131 Å². The molecule has 2 aromatic rings. The van der Waals surface area contributed by atoms with Gasteiger partial charge in [-0.3, -0.25) is 0 Å². The Morgan fingerprint density at radius 2 is 1.36 bits per heavy atom. The quantitative estimate of drug-likeness (QED) is 0.849. The molecule has 0 saturated carbocycles. The molecule has 0 aromatic heterocycles. The van der Waals surface area contributed by atoms with Crippen molar-refractivity contribution in [3.8, 4) is 11.5 Å². The topological polar surface area (TPSA) is 30.9 Å². The van der Waals surface area contributed by atoms with Gasteiger partial charge in [0.15, 0.2) is 0 Å². The van der Waals surface area contributed by atoms with Crippen LogP contribution in [0.4, 0.5) is 5.69 Å². The van der Waals surface area contributed by atoms with E-state index in [0.717, 1.165) is 17.2 Å². The highest BCUT2D eigenvalue weighted by Crippen LogP contribution is 2.39. The molecule has 4 nitrogen and oxygen atoms in total. The Kier molecular flexibility index (Phi) is 3.94. The minimum Gasteiger partial charge on any atom is -0.497 e. The molecule has 0 bridgehead atoms. The van der Waals surface area contributed by atoms with Crippen LogP contribution < -0.4 is 14.4 Å². The third-order valence-electron chi connectivity index (χ3n) is 4.41. The lowest BCUT2D eigenvalue weighted by Gasteiger charge is -2.49. The Morgan fingerprint density at radius 3 is 1.77 bits per heavy atom. The van der Waals surface area contributed by atoms with Gasteiger partial charge in [0.25, 0.3) is 0 Å². The van der Waals surface area contributed by atoms with Gasteiger partial charge < -0.3 is 19.1 Å². The van der Waals surface area contributed by atoms with E-state index in [1.54, 1.807) is 14.2 Å². The number of ether oxygens (including phenoxy) is 3. The third-order valence-corrected chi connectivity index (χ3v) is 4.41. The predicted octanol–water partition coefficient (Wildman–Crippen LogP) is 3.07. The van der Waals surface area contributed by atoms with Crippen LogP contribution in [0, 0.1) is 0 Å². The zero-order valence-corrected chi connectivity index (χ0v) is 13.2. The molecule has 1 aliphatic heterocycles. The normalized spacial score (nSPS) is 15.8. The van der Waals surface area contributed by atoms with Gasteiger partial charge in [0.05, 0.1) is 27.4 Å². The van der Waals surface area contributed by atoms with Crippen LogP contribution in [-0.2, 0) is 10.3 Å². The Balaban J connectivity index is 1.90. The molecular weight excluding hydrogens is 278 g/mol. The molecule has 116 valence electrons. The molecule has 2 aromatic carbocycles. The van der Waals surface area contributed by atoms with E-state index < -0.39 is 0 Å². The van der Waals surface area contributed by atoms with E-state index in [2.05, 4.69) is 36.2 Å². The van der Waals surface area contributed by atoms with Crippen molar-refractivity contribution in [3.63, 3.8) is 0 Å². The fourth-order valence-electron chi connectivity index (χ4n) is 2.80. The summed E-state index contributed by atoms with van der Waals surface area (Å²) in [6.45, 7) is 1.36. The first kappa shape index (κ1) is 14.7. The second kappa shape index (κ2) is 5.89. The van der Waals surface area contributed by atoms with Gasteiger partial charge >= 0.3 is 0 Å². The maximum absolute atomic E-state index is 5.54. The fraction of sp³-hybridized carbons (Fsp3) is 0.333. The molecular formula is C18H21NO3. The fourth-order valence-corrected chi connectivity index (χ4v) is 2.80. The van der Waals surface area contributed by atoms with Crippen molar-refractivity contribution < 1.29 is 14.2 Å². The summed E-state index contributed by atoms with van der Waals surface area (Å²) in [6.07, 6.45) is 0. The summed E-state index contributed by atoms with van der Waals surface area (Å²) in [5.74, 6) is 1.73. The highest BCUT2D eigenvalue weighted by molar-refractivity contribution is 5.54. The second-order valence-electron chi connectivity index (χ2n) is 5.51. The minimum atomic E-state index is -0.124. The van der Waals surface area contributed by atoms with E-state index >= 15 is 0 Å². The molecule has 0 radical (unpaired) electrons. The van der Waals surface area contributed by atoms with Gasteiger partial charge in [0, 0.05) is 12.7 Å². The third kappa shape index (κ3) is 2.40. The summed E-state index contributed by atoms with van der Waals surface area (Å²) in [6, 6.07) is 16.3. The monoisotopic (exact) mass is 299 g/mol. The molecule has 0 atom stereocenters. The van der Waals surface area contributed by atoms with Crippen molar-refractivity contribution in [1.29, 1.82) is 0 Å². The number of likely N-dealkylation sites (N-methyl/N-ethyl adjacent to an activating group) is 1. The molecule has 0 unspecified atom stereocenters. The van der Waals surface area contributed by atoms with Gasteiger partial charge in [-0.2, -0.15) is 0 Å². The van der Waals surface area contributed by atoms with Gasteiger partial charge in [0.1, 0.15) is 17.0 Å². The number of nitrogens with zero attached hydrogens (tertiary/aromatic N) is 1. The zero-order valence-electron chi connectivity index (χ0n) is 13.2. The standard InChI is InChI=1S/C18H21NO3/c1-19(15-6-10-17(21-3)11-7-15)18(12-22-13-18)14-4-8-16(20-2)9-5-14/h4-11H,12-13H2,1-3H3. The van der Waals surface area contributed by atoms with E-state index in [1.807, 2.05) is 24.3 Å². The average Bonchev–Trinajstić information content (AvgIpc) is 2.54. The maximum Gasteiger partial charge on any atom is 0.119 e. The lowest BCUT2D eigenvalue weighted by molar-refractivity contribution is -0.0591. The molecule has 1 heterocycles. The minimum absolute atomic E-state index is 0.124. The first-order valence-electron chi connectivity index (χ1n) is 7.30.